The zero-order chi connectivity index (χ0) is 14.2. The first-order valence-corrected chi connectivity index (χ1v) is 6.26. The van der Waals surface area contributed by atoms with Crippen LogP contribution in [0.25, 0.3) is 11.1 Å². The molecule has 0 unspecified atom stereocenters. The summed E-state index contributed by atoms with van der Waals surface area (Å²) in [6, 6.07) is 4.45. The Bertz CT molecular complexity index is 587. The number of hydrogen-bond acceptors (Lipinski definition) is 2. The van der Waals surface area contributed by atoms with Crippen molar-refractivity contribution in [3.8, 4) is 16.9 Å². The molecule has 1 aromatic carbocycles. The molecule has 0 spiro atoms. The molecule has 0 atom stereocenters. The van der Waals surface area contributed by atoms with Crippen LogP contribution in [-0.4, -0.2) is 14.9 Å². The van der Waals surface area contributed by atoms with E-state index in [0.29, 0.717) is 11.0 Å². The number of rotatable bonds is 2. The van der Waals surface area contributed by atoms with E-state index >= 15 is 0 Å². The van der Waals surface area contributed by atoms with Gasteiger partial charge in [0.2, 0.25) is 0 Å². The lowest BCUT2D eigenvalue weighted by atomic mass is 10.1. The van der Waals surface area contributed by atoms with Crippen molar-refractivity contribution in [3.63, 3.8) is 0 Å². The molecule has 0 aliphatic carbocycles. The van der Waals surface area contributed by atoms with Crippen LogP contribution >= 0.6 is 15.9 Å². The van der Waals surface area contributed by atoms with E-state index in [-0.39, 0.29) is 16.9 Å². The molecule has 1 heterocycles. The Morgan fingerprint density at radius 2 is 2.05 bits per heavy atom. The van der Waals surface area contributed by atoms with Crippen LogP contribution in [0.4, 0.5) is 13.2 Å². The number of halogens is 4. The number of aromatic nitrogens is 2. The SMILES string of the molecule is CCn1cc(-c2c(O)cccc2Br)c(C(F)(F)F)n1. The molecular formula is C12H10BrF3N2O. The fourth-order valence-corrected chi connectivity index (χ4v) is 2.32. The number of phenols is 1. The number of aryl methyl sites for hydroxylation is 1. The summed E-state index contributed by atoms with van der Waals surface area (Å²) in [5.41, 5.74) is -1.05. The normalized spacial score (nSPS) is 11.8. The zero-order valence-electron chi connectivity index (χ0n) is 9.87. The molecule has 0 amide bonds. The van der Waals surface area contributed by atoms with Gasteiger partial charge in [0.15, 0.2) is 5.69 Å². The van der Waals surface area contributed by atoms with Gasteiger partial charge >= 0.3 is 6.18 Å². The van der Waals surface area contributed by atoms with Gasteiger partial charge in [0, 0.05) is 28.3 Å². The smallest absolute Gasteiger partial charge is 0.435 e. The zero-order valence-corrected chi connectivity index (χ0v) is 11.5. The Morgan fingerprint density at radius 1 is 1.37 bits per heavy atom. The highest BCUT2D eigenvalue weighted by molar-refractivity contribution is 9.10. The summed E-state index contributed by atoms with van der Waals surface area (Å²) in [6.45, 7) is 2.01. The van der Waals surface area contributed by atoms with E-state index in [4.69, 9.17) is 0 Å². The average molecular weight is 335 g/mol. The molecule has 102 valence electrons. The Hall–Kier alpha value is -1.50. The third kappa shape index (κ3) is 2.60. The third-order valence-corrected chi connectivity index (χ3v) is 3.28. The van der Waals surface area contributed by atoms with Gasteiger partial charge in [0.05, 0.1) is 0 Å². The van der Waals surface area contributed by atoms with Crippen LogP contribution in [0.3, 0.4) is 0 Å². The van der Waals surface area contributed by atoms with Crippen LogP contribution in [0.2, 0.25) is 0 Å². The molecule has 0 saturated heterocycles. The third-order valence-electron chi connectivity index (χ3n) is 2.62. The molecule has 0 radical (unpaired) electrons. The minimum atomic E-state index is -4.57. The molecule has 7 heteroatoms. The van der Waals surface area contributed by atoms with Gasteiger partial charge < -0.3 is 5.11 Å². The molecule has 0 aliphatic rings. The molecular weight excluding hydrogens is 325 g/mol. The summed E-state index contributed by atoms with van der Waals surface area (Å²) in [5.74, 6) is -0.226. The number of nitrogens with zero attached hydrogens (tertiary/aromatic N) is 2. The summed E-state index contributed by atoms with van der Waals surface area (Å²) >= 11 is 3.15. The number of alkyl halides is 3. The quantitative estimate of drug-likeness (QED) is 0.899. The van der Waals surface area contributed by atoms with Crippen LogP contribution in [-0.2, 0) is 12.7 Å². The fraction of sp³-hybridized carbons (Fsp3) is 0.250. The molecule has 19 heavy (non-hydrogen) atoms. The lowest BCUT2D eigenvalue weighted by Crippen LogP contribution is -2.08. The molecule has 0 fully saturated rings. The van der Waals surface area contributed by atoms with E-state index < -0.39 is 11.9 Å². The van der Waals surface area contributed by atoms with Gasteiger partial charge in [-0.2, -0.15) is 18.3 Å². The monoisotopic (exact) mass is 334 g/mol. The largest absolute Gasteiger partial charge is 0.507 e. The maximum absolute atomic E-state index is 13.0. The van der Waals surface area contributed by atoms with Crippen LogP contribution in [0.5, 0.6) is 5.75 Å². The first kappa shape index (κ1) is 13.9. The summed E-state index contributed by atoms with van der Waals surface area (Å²) in [4.78, 5) is 0. The summed E-state index contributed by atoms with van der Waals surface area (Å²) in [5, 5.41) is 13.3. The molecule has 3 nitrogen and oxygen atoms in total. The maximum Gasteiger partial charge on any atom is 0.435 e. The number of aromatic hydroxyl groups is 1. The second-order valence-corrected chi connectivity index (χ2v) is 4.73. The van der Waals surface area contributed by atoms with Gasteiger partial charge in [-0.1, -0.05) is 22.0 Å². The molecule has 1 aromatic heterocycles. The second kappa shape index (κ2) is 4.88. The number of phenolic OH excluding ortho intramolecular Hbond substituents is 1. The predicted octanol–water partition coefficient (Wildman–Crippen LogP) is 4.06. The van der Waals surface area contributed by atoms with Crippen LogP contribution in [0.15, 0.2) is 28.9 Å². The molecule has 0 bridgehead atoms. The van der Waals surface area contributed by atoms with Crippen molar-refractivity contribution in [2.45, 2.75) is 19.6 Å². The predicted molar refractivity (Wildman–Crippen MR) is 67.7 cm³/mol. The topological polar surface area (TPSA) is 38.0 Å². The van der Waals surface area contributed by atoms with E-state index in [1.807, 2.05) is 0 Å². The second-order valence-electron chi connectivity index (χ2n) is 3.88. The van der Waals surface area contributed by atoms with Gasteiger partial charge in [-0.3, -0.25) is 4.68 Å². The molecule has 0 aliphatic heterocycles. The van der Waals surface area contributed by atoms with Crippen molar-refractivity contribution >= 4 is 15.9 Å². The first-order valence-electron chi connectivity index (χ1n) is 5.47. The Morgan fingerprint density at radius 3 is 2.58 bits per heavy atom. The van der Waals surface area contributed by atoms with Crippen LogP contribution in [0.1, 0.15) is 12.6 Å². The summed E-state index contributed by atoms with van der Waals surface area (Å²) in [7, 11) is 0. The highest BCUT2D eigenvalue weighted by Gasteiger charge is 2.38. The lowest BCUT2D eigenvalue weighted by Gasteiger charge is -2.09. The van der Waals surface area contributed by atoms with Crippen molar-refractivity contribution in [1.82, 2.24) is 9.78 Å². The molecule has 1 N–H and O–H groups in total. The van der Waals surface area contributed by atoms with Crippen LogP contribution in [0, 0.1) is 0 Å². The summed E-state index contributed by atoms with van der Waals surface area (Å²) in [6.07, 6.45) is -3.29. The number of hydrogen-bond donors (Lipinski definition) is 1. The van der Waals surface area contributed by atoms with E-state index in [9.17, 15) is 18.3 Å². The van der Waals surface area contributed by atoms with Gasteiger partial charge in [0.25, 0.3) is 0 Å². The summed E-state index contributed by atoms with van der Waals surface area (Å²) < 4.78 is 40.5. The Balaban J connectivity index is 2.71. The van der Waals surface area contributed by atoms with Crippen molar-refractivity contribution in [2.75, 3.05) is 0 Å². The van der Waals surface area contributed by atoms with Crippen molar-refractivity contribution < 1.29 is 18.3 Å². The highest BCUT2D eigenvalue weighted by Crippen LogP contribution is 2.42. The van der Waals surface area contributed by atoms with E-state index in [1.54, 1.807) is 19.1 Å². The van der Waals surface area contributed by atoms with Crippen molar-refractivity contribution in [2.24, 2.45) is 0 Å². The van der Waals surface area contributed by atoms with E-state index in [1.165, 1.54) is 16.9 Å². The van der Waals surface area contributed by atoms with Gasteiger partial charge in [-0.15, -0.1) is 0 Å². The van der Waals surface area contributed by atoms with E-state index in [0.717, 1.165) is 0 Å². The average Bonchev–Trinajstić information content (AvgIpc) is 2.72. The molecule has 0 saturated carbocycles. The standard InChI is InChI=1S/C12H10BrF3N2O/c1-2-18-6-7(11(17-18)12(14,15)16)10-8(13)4-3-5-9(10)19/h3-6,19H,2H2,1H3. The lowest BCUT2D eigenvalue weighted by molar-refractivity contribution is -0.141. The first-order chi connectivity index (χ1) is 8.84. The Labute approximate surface area is 115 Å². The minimum Gasteiger partial charge on any atom is -0.507 e. The molecule has 2 aromatic rings. The maximum atomic E-state index is 13.0. The highest BCUT2D eigenvalue weighted by atomic mass is 79.9. The van der Waals surface area contributed by atoms with Gasteiger partial charge in [0.1, 0.15) is 5.75 Å². The minimum absolute atomic E-state index is 0.0922. The number of benzene rings is 1. The fourth-order valence-electron chi connectivity index (χ4n) is 1.76. The van der Waals surface area contributed by atoms with Gasteiger partial charge in [-0.25, -0.2) is 0 Å². The Kier molecular flexibility index (Phi) is 3.58. The molecule has 2 rings (SSSR count). The van der Waals surface area contributed by atoms with Crippen molar-refractivity contribution in [1.29, 1.82) is 0 Å². The van der Waals surface area contributed by atoms with Crippen molar-refractivity contribution in [3.05, 3.63) is 34.6 Å². The van der Waals surface area contributed by atoms with E-state index in [2.05, 4.69) is 21.0 Å². The van der Waals surface area contributed by atoms with Gasteiger partial charge in [-0.05, 0) is 19.1 Å². The van der Waals surface area contributed by atoms with Crippen LogP contribution < -0.4 is 0 Å².